The number of nitrogens with zero attached hydrogens (tertiary/aromatic N) is 2. The predicted octanol–water partition coefficient (Wildman–Crippen LogP) is 1.17. The van der Waals surface area contributed by atoms with Gasteiger partial charge in [-0.15, -0.1) is 0 Å². The Morgan fingerprint density at radius 2 is 2.24 bits per heavy atom. The maximum atomic E-state index is 12.7. The number of aromatic nitrogens is 2. The summed E-state index contributed by atoms with van der Waals surface area (Å²) in [5.74, 6) is 1.02. The van der Waals surface area contributed by atoms with Crippen LogP contribution >= 0.6 is 0 Å². The van der Waals surface area contributed by atoms with Crippen molar-refractivity contribution < 1.29 is 9.47 Å². The van der Waals surface area contributed by atoms with Gasteiger partial charge in [0.05, 0.1) is 32.3 Å². The summed E-state index contributed by atoms with van der Waals surface area (Å²) < 4.78 is 12.1. The molecule has 0 spiro atoms. The van der Waals surface area contributed by atoms with Crippen LogP contribution in [0.15, 0.2) is 23.1 Å². The standard InChI is InChI=1S/C15H19N3O3/c1-20-12-6-5-10-8-17-18(9-11-4-3-7-16-11)15(19)13(10)14(12)21-2/h5-6,8,11,16H,3-4,7,9H2,1-2H3. The zero-order valence-corrected chi connectivity index (χ0v) is 12.3. The number of hydrogen-bond acceptors (Lipinski definition) is 5. The number of methoxy groups -OCH3 is 2. The number of hydrogen-bond donors (Lipinski definition) is 1. The Morgan fingerprint density at radius 3 is 2.90 bits per heavy atom. The molecule has 3 rings (SSSR count). The molecule has 0 amide bonds. The first-order valence-electron chi connectivity index (χ1n) is 7.08. The van der Waals surface area contributed by atoms with Crippen LogP contribution in [-0.2, 0) is 6.54 Å². The molecule has 1 fully saturated rings. The van der Waals surface area contributed by atoms with E-state index in [4.69, 9.17) is 9.47 Å². The molecule has 2 aromatic rings. The maximum absolute atomic E-state index is 12.7. The monoisotopic (exact) mass is 289 g/mol. The summed E-state index contributed by atoms with van der Waals surface area (Å²) >= 11 is 0. The highest BCUT2D eigenvalue weighted by Gasteiger charge is 2.18. The quantitative estimate of drug-likeness (QED) is 0.915. The lowest BCUT2D eigenvalue weighted by molar-refractivity contribution is 0.358. The number of fused-ring (bicyclic) bond motifs is 1. The third-order valence-corrected chi connectivity index (χ3v) is 3.92. The molecule has 1 unspecified atom stereocenters. The van der Waals surface area contributed by atoms with E-state index in [1.54, 1.807) is 26.5 Å². The zero-order chi connectivity index (χ0) is 14.8. The Balaban J connectivity index is 2.11. The Kier molecular flexibility index (Phi) is 3.79. The van der Waals surface area contributed by atoms with Gasteiger partial charge in [0.15, 0.2) is 11.5 Å². The molecule has 112 valence electrons. The number of ether oxygens (including phenoxy) is 2. The highest BCUT2D eigenvalue weighted by Crippen LogP contribution is 2.32. The average molecular weight is 289 g/mol. The van der Waals surface area contributed by atoms with Crippen LogP contribution in [0.1, 0.15) is 12.8 Å². The van der Waals surface area contributed by atoms with Gasteiger partial charge in [-0.1, -0.05) is 0 Å². The minimum atomic E-state index is -0.142. The molecule has 0 aliphatic carbocycles. The van der Waals surface area contributed by atoms with E-state index in [1.165, 1.54) is 4.68 Å². The van der Waals surface area contributed by atoms with Gasteiger partial charge in [-0.2, -0.15) is 5.10 Å². The first-order valence-corrected chi connectivity index (χ1v) is 7.08. The summed E-state index contributed by atoms with van der Waals surface area (Å²) in [6.07, 6.45) is 3.92. The minimum Gasteiger partial charge on any atom is -0.493 e. The van der Waals surface area contributed by atoms with Crippen LogP contribution in [0.4, 0.5) is 0 Å². The van der Waals surface area contributed by atoms with Gasteiger partial charge >= 0.3 is 0 Å². The SMILES string of the molecule is COc1ccc2cnn(CC3CCCN3)c(=O)c2c1OC. The second kappa shape index (κ2) is 5.73. The molecule has 21 heavy (non-hydrogen) atoms. The lowest BCUT2D eigenvalue weighted by atomic mass is 10.1. The molecule has 1 aromatic carbocycles. The topological polar surface area (TPSA) is 65.4 Å². The third-order valence-electron chi connectivity index (χ3n) is 3.92. The molecule has 6 nitrogen and oxygen atoms in total. The average Bonchev–Trinajstić information content (AvgIpc) is 3.02. The van der Waals surface area contributed by atoms with Crippen LogP contribution in [0.3, 0.4) is 0 Å². The van der Waals surface area contributed by atoms with E-state index >= 15 is 0 Å². The van der Waals surface area contributed by atoms with E-state index in [0.29, 0.717) is 29.5 Å². The molecule has 1 aliphatic heterocycles. The van der Waals surface area contributed by atoms with Crippen molar-refractivity contribution in [3.05, 3.63) is 28.7 Å². The van der Waals surface area contributed by atoms with Crippen molar-refractivity contribution in [2.24, 2.45) is 0 Å². The van der Waals surface area contributed by atoms with Crippen molar-refractivity contribution in [2.75, 3.05) is 20.8 Å². The molecule has 0 saturated carbocycles. The third kappa shape index (κ3) is 2.47. The molecule has 1 aromatic heterocycles. The van der Waals surface area contributed by atoms with Crippen molar-refractivity contribution in [1.82, 2.24) is 15.1 Å². The van der Waals surface area contributed by atoms with E-state index in [0.717, 1.165) is 24.8 Å². The Morgan fingerprint density at radius 1 is 1.38 bits per heavy atom. The molecule has 0 radical (unpaired) electrons. The Bertz CT molecular complexity index is 705. The van der Waals surface area contributed by atoms with E-state index < -0.39 is 0 Å². The smallest absolute Gasteiger partial charge is 0.278 e. The molecule has 0 bridgehead atoms. The number of nitrogens with one attached hydrogen (secondary N) is 1. The van der Waals surface area contributed by atoms with Gasteiger partial charge in [0.2, 0.25) is 0 Å². The predicted molar refractivity (Wildman–Crippen MR) is 80.1 cm³/mol. The van der Waals surface area contributed by atoms with E-state index in [9.17, 15) is 4.79 Å². The van der Waals surface area contributed by atoms with Gasteiger partial charge < -0.3 is 14.8 Å². The van der Waals surface area contributed by atoms with Crippen LogP contribution in [-0.4, -0.2) is 36.6 Å². The lowest BCUT2D eigenvalue weighted by Crippen LogP contribution is -2.33. The van der Waals surface area contributed by atoms with Gasteiger partial charge in [-0.25, -0.2) is 4.68 Å². The van der Waals surface area contributed by atoms with E-state index in [1.807, 2.05) is 6.07 Å². The van der Waals surface area contributed by atoms with Crippen molar-refractivity contribution in [3.8, 4) is 11.5 Å². The summed E-state index contributed by atoms with van der Waals surface area (Å²) in [6, 6.07) is 3.92. The molecular formula is C15H19N3O3. The first kappa shape index (κ1) is 13.9. The van der Waals surface area contributed by atoms with Gasteiger partial charge in [0.25, 0.3) is 5.56 Å². The summed E-state index contributed by atoms with van der Waals surface area (Å²) in [5, 5.41) is 8.92. The molecule has 1 aliphatic rings. The van der Waals surface area contributed by atoms with Gasteiger partial charge in [0.1, 0.15) is 0 Å². The van der Waals surface area contributed by atoms with Crippen molar-refractivity contribution in [3.63, 3.8) is 0 Å². The number of rotatable bonds is 4. The van der Waals surface area contributed by atoms with Crippen LogP contribution in [0.25, 0.3) is 10.8 Å². The van der Waals surface area contributed by atoms with E-state index in [-0.39, 0.29) is 5.56 Å². The Labute approximate surface area is 122 Å². The highest BCUT2D eigenvalue weighted by molar-refractivity contribution is 5.89. The lowest BCUT2D eigenvalue weighted by Gasteiger charge is -2.14. The molecule has 2 heterocycles. The van der Waals surface area contributed by atoms with Crippen LogP contribution in [0.5, 0.6) is 11.5 Å². The van der Waals surface area contributed by atoms with Gasteiger partial charge in [-0.05, 0) is 31.5 Å². The molecular weight excluding hydrogens is 270 g/mol. The normalized spacial score (nSPS) is 18.1. The summed E-state index contributed by atoms with van der Waals surface area (Å²) in [5.41, 5.74) is -0.142. The summed E-state index contributed by atoms with van der Waals surface area (Å²) in [6.45, 7) is 1.58. The Hall–Kier alpha value is -2.08. The maximum Gasteiger partial charge on any atom is 0.278 e. The molecule has 6 heteroatoms. The minimum absolute atomic E-state index is 0.142. The van der Waals surface area contributed by atoms with Crippen molar-refractivity contribution >= 4 is 10.8 Å². The van der Waals surface area contributed by atoms with Crippen LogP contribution < -0.4 is 20.3 Å². The summed E-state index contributed by atoms with van der Waals surface area (Å²) in [4.78, 5) is 12.7. The second-order valence-corrected chi connectivity index (χ2v) is 5.19. The zero-order valence-electron chi connectivity index (χ0n) is 12.3. The van der Waals surface area contributed by atoms with Crippen LogP contribution in [0, 0.1) is 0 Å². The molecule has 1 saturated heterocycles. The number of benzene rings is 1. The molecule has 1 atom stereocenters. The van der Waals surface area contributed by atoms with E-state index in [2.05, 4.69) is 10.4 Å². The second-order valence-electron chi connectivity index (χ2n) is 5.19. The van der Waals surface area contributed by atoms with Crippen molar-refractivity contribution in [1.29, 1.82) is 0 Å². The van der Waals surface area contributed by atoms with Crippen molar-refractivity contribution in [2.45, 2.75) is 25.4 Å². The van der Waals surface area contributed by atoms with Gasteiger partial charge in [0, 0.05) is 11.4 Å². The summed E-state index contributed by atoms with van der Waals surface area (Å²) in [7, 11) is 3.10. The first-order chi connectivity index (χ1) is 10.2. The fraction of sp³-hybridized carbons (Fsp3) is 0.467. The molecule has 1 N–H and O–H groups in total. The largest absolute Gasteiger partial charge is 0.493 e. The van der Waals surface area contributed by atoms with Gasteiger partial charge in [-0.3, -0.25) is 4.79 Å². The highest BCUT2D eigenvalue weighted by atomic mass is 16.5. The van der Waals surface area contributed by atoms with Crippen LogP contribution in [0.2, 0.25) is 0 Å². The fourth-order valence-corrected chi connectivity index (χ4v) is 2.84. The fourth-order valence-electron chi connectivity index (χ4n) is 2.84.